The monoisotopic (exact) mass is 221 g/mol. The first-order chi connectivity index (χ1) is 7.21. The van der Waals surface area contributed by atoms with Crippen LogP contribution in [0.4, 0.5) is 4.79 Å². The lowest BCUT2D eigenvalue weighted by Crippen LogP contribution is -2.21. The number of carbonyl (C=O) groups is 1. The van der Waals surface area contributed by atoms with Crippen molar-refractivity contribution in [2.75, 3.05) is 0 Å². The van der Waals surface area contributed by atoms with Gasteiger partial charge >= 0.3 is 6.09 Å². The fraction of sp³-hybridized carbons (Fsp3) is 0.462. The number of benzene rings is 1. The summed E-state index contributed by atoms with van der Waals surface area (Å²) in [5, 5.41) is 0. The largest absolute Gasteiger partial charge is 0.410 e. The minimum absolute atomic E-state index is 0.0808. The number of ether oxygens (including phenoxy) is 1. The highest BCUT2D eigenvalue weighted by molar-refractivity contribution is 5.69. The van der Waals surface area contributed by atoms with Crippen molar-refractivity contribution in [2.24, 2.45) is 5.73 Å². The molecule has 0 unspecified atom stereocenters. The number of aryl methyl sites for hydroxylation is 2. The molecular formula is C13H19NO2. The molecule has 0 aromatic heterocycles. The third-order valence-electron chi connectivity index (χ3n) is 2.40. The Bertz CT molecular complexity index is 417. The smallest absolute Gasteiger partial charge is 0.409 e. The molecule has 1 aromatic carbocycles. The maximum atomic E-state index is 10.9. The van der Waals surface area contributed by atoms with Crippen LogP contribution in [0.1, 0.15) is 37.5 Å². The zero-order valence-electron chi connectivity index (χ0n) is 10.5. The van der Waals surface area contributed by atoms with Gasteiger partial charge in [-0.05, 0) is 36.5 Å². The highest BCUT2D eigenvalue weighted by atomic mass is 16.5. The quantitative estimate of drug-likeness (QED) is 0.792. The lowest BCUT2D eigenvalue weighted by Gasteiger charge is -2.24. The molecule has 0 radical (unpaired) electrons. The zero-order chi connectivity index (χ0) is 12.5. The third kappa shape index (κ3) is 2.75. The van der Waals surface area contributed by atoms with Crippen molar-refractivity contribution in [1.29, 1.82) is 0 Å². The molecule has 0 aliphatic rings. The molecule has 0 fully saturated rings. The van der Waals surface area contributed by atoms with Crippen molar-refractivity contribution >= 4 is 6.09 Å². The van der Waals surface area contributed by atoms with E-state index in [0.717, 1.165) is 16.7 Å². The molecule has 0 aliphatic carbocycles. The van der Waals surface area contributed by atoms with Gasteiger partial charge in [-0.15, -0.1) is 0 Å². The average molecular weight is 221 g/mol. The summed E-state index contributed by atoms with van der Waals surface area (Å²) in [6.45, 7) is 10.2. The van der Waals surface area contributed by atoms with Crippen molar-refractivity contribution in [1.82, 2.24) is 0 Å². The summed E-state index contributed by atoms with van der Waals surface area (Å²) in [6, 6.07) is 3.92. The van der Waals surface area contributed by atoms with Crippen LogP contribution in [0.5, 0.6) is 5.75 Å². The summed E-state index contributed by atoms with van der Waals surface area (Å²) < 4.78 is 5.07. The van der Waals surface area contributed by atoms with E-state index < -0.39 is 6.09 Å². The molecule has 0 aliphatic heterocycles. The average Bonchev–Trinajstić information content (AvgIpc) is 1.96. The molecule has 1 rings (SSSR count). The SMILES string of the molecule is Cc1cc(C)c(C(C)(C)C)c(OC(N)=O)c1. The third-order valence-corrected chi connectivity index (χ3v) is 2.40. The number of hydrogen-bond donors (Lipinski definition) is 1. The number of hydrogen-bond acceptors (Lipinski definition) is 2. The molecule has 0 saturated heterocycles. The number of nitrogens with two attached hydrogens (primary N) is 1. The van der Waals surface area contributed by atoms with Crippen LogP contribution in [0.3, 0.4) is 0 Å². The van der Waals surface area contributed by atoms with Crippen LogP contribution in [-0.2, 0) is 5.41 Å². The standard InChI is InChI=1S/C13H19NO2/c1-8-6-9(2)11(13(3,4)5)10(7-8)16-12(14)15/h6-7H,1-5H3,(H2,14,15). The van der Waals surface area contributed by atoms with Gasteiger partial charge in [-0.1, -0.05) is 26.8 Å². The lowest BCUT2D eigenvalue weighted by atomic mass is 9.83. The molecule has 0 bridgehead atoms. The number of carbonyl (C=O) groups excluding carboxylic acids is 1. The van der Waals surface area contributed by atoms with Crippen LogP contribution in [0.25, 0.3) is 0 Å². The Morgan fingerprint density at radius 3 is 2.25 bits per heavy atom. The Kier molecular flexibility index (Phi) is 3.27. The maximum Gasteiger partial charge on any atom is 0.409 e. The zero-order valence-corrected chi connectivity index (χ0v) is 10.5. The van der Waals surface area contributed by atoms with Gasteiger partial charge in [0.05, 0.1) is 0 Å². The van der Waals surface area contributed by atoms with Gasteiger partial charge < -0.3 is 10.5 Å². The van der Waals surface area contributed by atoms with Gasteiger partial charge in [0.1, 0.15) is 5.75 Å². The molecule has 0 spiro atoms. The van der Waals surface area contributed by atoms with Gasteiger partial charge in [-0.2, -0.15) is 0 Å². The molecular weight excluding hydrogens is 202 g/mol. The second kappa shape index (κ2) is 4.16. The van der Waals surface area contributed by atoms with Crippen molar-refractivity contribution in [3.05, 3.63) is 28.8 Å². The van der Waals surface area contributed by atoms with E-state index in [2.05, 4.69) is 26.8 Å². The Morgan fingerprint density at radius 2 is 1.81 bits per heavy atom. The van der Waals surface area contributed by atoms with Crippen LogP contribution in [0, 0.1) is 13.8 Å². The van der Waals surface area contributed by atoms with E-state index in [-0.39, 0.29) is 5.41 Å². The summed E-state index contributed by atoms with van der Waals surface area (Å²) in [4.78, 5) is 10.9. The van der Waals surface area contributed by atoms with Crippen molar-refractivity contribution in [3.63, 3.8) is 0 Å². The highest BCUT2D eigenvalue weighted by Crippen LogP contribution is 2.35. The Balaban J connectivity index is 3.38. The van der Waals surface area contributed by atoms with Gasteiger partial charge in [0.25, 0.3) is 0 Å². The molecule has 3 heteroatoms. The number of rotatable bonds is 1. The topological polar surface area (TPSA) is 52.3 Å². The molecule has 3 nitrogen and oxygen atoms in total. The molecule has 2 N–H and O–H groups in total. The predicted molar refractivity (Wildman–Crippen MR) is 64.8 cm³/mol. The van der Waals surface area contributed by atoms with E-state index >= 15 is 0 Å². The fourth-order valence-corrected chi connectivity index (χ4v) is 2.08. The van der Waals surface area contributed by atoms with E-state index in [1.165, 1.54) is 0 Å². The van der Waals surface area contributed by atoms with Gasteiger partial charge in [0.15, 0.2) is 0 Å². The first-order valence-electron chi connectivity index (χ1n) is 5.31. The van der Waals surface area contributed by atoms with Crippen LogP contribution < -0.4 is 10.5 Å². The number of primary amides is 1. The van der Waals surface area contributed by atoms with Crippen LogP contribution >= 0.6 is 0 Å². The normalized spacial score (nSPS) is 11.3. The van der Waals surface area contributed by atoms with E-state index in [1.54, 1.807) is 0 Å². The van der Waals surface area contributed by atoms with E-state index in [1.807, 2.05) is 19.9 Å². The van der Waals surface area contributed by atoms with Gasteiger partial charge in [-0.3, -0.25) is 0 Å². The summed E-state index contributed by atoms with van der Waals surface area (Å²) >= 11 is 0. The first kappa shape index (κ1) is 12.6. The van der Waals surface area contributed by atoms with Crippen molar-refractivity contribution < 1.29 is 9.53 Å². The van der Waals surface area contributed by atoms with Crippen LogP contribution in [0.15, 0.2) is 12.1 Å². The van der Waals surface area contributed by atoms with Crippen molar-refractivity contribution in [3.8, 4) is 5.75 Å². The minimum Gasteiger partial charge on any atom is -0.410 e. The summed E-state index contributed by atoms with van der Waals surface area (Å²) in [7, 11) is 0. The second-order valence-corrected chi connectivity index (χ2v) is 5.13. The summed E-state index contributed by atoms with van der Waals surface area (Å²) in [6.07, 6.45) is -0.768. The van der Waals surface area contributed by atoms with E-state index in [9.17, 15) is 4.79 Å². The molecule has 0 heterocycles. The maximum absolute atomic E-state index is 10.9. The number of amides is 1. The Hall–Kier alpha value is -1.51. The first-order valence-corrected chi connectivity index (χ1v) is 5.31. The second-order valence-electron chi connectivity index (χ2n) is 5.13. The Morgan fingerprint density at radius 1 is 1.25 bits per heavy atom. The molecule has 1 amide bonds. The molecule has 0 saturated carbocycles. The molecule has 88 valence electrons. The minimum atomic E-state index is -0.768. The van der Waals surface area contributed by atoms with Crippen LogP contribution in [-0.4, -0.2) is 6.09 Å². The van der Waals surface area contributed by atoms with E-state index in [4.69, 9.17) is 10.5 Å². The fourth-order valence-electron chi connectivity index (χ4n) is 2.08. The lowest BCUT2D eigenvalue weighted by molar-refractivity contribution is 0.210. The summed E-state index contributed by atoms with van der Waals surface area (Å²) in [5.74, 6) is 0.567. The summed E-state index contributed by atoms with van der Waals surface area (Å²) in [5.41, 5.74) is 8.19. The highest BCUT2D eigenvalue weighted by Gasteiger charge is 2.22. The van der Waals surface area contributed by atoms with Crippen molar-refractivity contribution in [2.45, 2.75) is 40.0 Å². The van der Waals surface area contributed by atoms with Gasteiger partial charge in [0, 0.05) is 5.56 Å². The Labute approximate surface area is 96.6 Å². The predicted octanol–water partition coefficient (Wildman–Crippen LogP) is 3.06. The molecule has 1 aromatic rings. The molecule has 16 heavy (non-hydrogen) atoms. The van der Waals surface area contributed by atoms with Gasteiger partial charge in [-0.25, -0.2) is 4.79 Å². The van der Waals surface area contributed by atoms with E-state index in [0.29, 0.717) is 5.75 Å². The van der Waals surface area contributed by atoms with Gasteiger partial charge in [0.2, 0.25) is 0 Å². The van der Waals surface area contributed by atoms with Crippen LogP contribution in [0.2, 0.25) is 0 Å². The molecule has 0 atom stereocenters.